The maximum Gasteiger partial charge on any atom is 0.234 e. The first-order valence-electron chi connectivity index (χ1n) is 15.5. The number of benzene rings is 2. The van der Waals surface area contributed by atoms with Crippen molar-refractivity contribution in [3.8, 4) is 0 Å². The van der Waals surface area contributed by atoms with Gasteiger partial charge in [0, 0.05) is 93.0 Å². The Kier molecular flexibility index (Phi) is 9.81. The largest absolute Gasteiger partial charge is 0.398 e. The summed E-state index contributed by atoms with van der Waals surface area (Å²) in [6.45, 7) is 9.09. The number of hydrogen-bond donors (Lipinski definition) is 4. The molecule has 0 aliphatic carbocycles. The van der Waals surface area contributed by atoms with Gasteiger partial charge >= 0.3 is 0 Å². The molecule has 0 bridgehead atoms. The van der Waals surface area contributed by atoms with E-state index >= 15 is 0 Å². The van der Waals surface area contributed by atoms with Crippen molar-refractivity contribution in [2.75, 3.05) is 64.0 Å². The minimum Gasteiger partial charge on any atom is -0.398 e. The third-order valence-corrected chi connectivity index (χ3v) is 9.25. The number of allylic oxidation sites excluding steroid dienone is 1. The van der Waals surface area contributed by atoms with Crippen molar-refractivity contribution >= 4 is 53.2 Å². The molecular formula is C35H44N10O. The Balaban J connectivity index is 1.19. The summed E-state index contributed by atoms with van der Waals surface area (Å²) in [5.41, 5.74) is 25.4. The van der Waals surface area contributed by atoms with Crippen molar-refractivity contribution in [1.29, 1.82) is 5.41 Å². The third-order valence-electron chi connectivity index (χ3n) is 9.25. The zero-order valence-electron chi connectivity index (χ0n) is 26.7. The molecule has 1 atom stereocenters. The van der Waals surface area contributed by atoms with E-state index in [1.807, 2.05) is 29.2 Å². The fourth-order valence-electron chi connectivity index (χ4n) is 6.59. The quantitative estimate of drug-likeness (QED) is 0.181. The number of hydrogen-bond acceptors (Lipinski definition) is 8. The molecule has 2 aromatic carbocycles. The van der Waals surface area contributed by atoms with Crippen LogP contribution in [0.25, 0.3) is 11.3 Å². The molecule has 11 heteroatoms. The molecule has 1 amide bonds. The number of nitrogens with two attached hydrogens (primary N) is 3. The van der Waals surface area contributed by atoms with E-state index in [1.165, 1.54) is 23.7 Å². The lowest BCUT2D eigenvalue weighted by Crippen LogP contribution is -2.38. The van der Waals surface area contributed by atoms with Crippen molar-refractivity contribution in [3.63, 3.8) is 0 Å². The summed E-state index contributed by atoms with van der Waals surface area (Å²) in [4.78, 5) is 32.4. The number of carbonyl (C=O) groups excluding carboxylic acids is 1. The van der Waals surface area contributed by atoms with Crippen LogP contribution < -0.4 is 22.1 Å². The second kappa shape index (κ2) is 13.9. The highest BCUT2D eigenvalue weighted by Crippen LogP contribution is 2.43. The number of likely N-dealkylation sites (tertiary alicyclic amines) is 1. The normalized spacial score (nSPS) is 21.5. The van der Waals surface area contributed by atoms with Gasteiger partial charge in [-0.15, -0.1) is 0 Å². The second-order valence-corrected chi connectivity index (χ2v) is 12.1. The fourth-order valence-corrected chi connectivity index (χ4v) is 6.59. The highest BCUT2D eigenvalue weighted by atomic mass is 16.2. The second-order valence-electron chi connectivity index (χ2n) is 12.1. The molecule has 7 N–H and O–H groups in total. The molecule has 3 aliphatic rings. The monoisotopic (exact) mass is 620 g/mol. The van der Waals surface area contributed by atoms with Gasteiger partial charge in [-0.05, 0) is 55.1 Å². The van der Waals surface area contributed by atoms with Crippen LogP contribution in [0.3, 0.4) is 0 Å². The van der Waals surface area contributed by atoms with Gasteiger partial charge < -0.3 is 32.4 Å². The minimum atomic E-state index is -0.406. The van der Waals surface area contributed by atoms with Crippen molar-refractivity contribution in [2.24, 2.45) is 31.9 Å². The molecule has 46 heavy (non-hydrogen) atoms. The van der Waals surface area contributed by atoms with Gasteiger partial charge in [-0.3, -0.25) is 19.7 Å². The Morgan fingerprint density at radius 1 is 1.07 bits per heavy atom. The molecule has 2 saturated heterocycles. The number of nitrogen functional groups attached to an aromatic ring is 1. The fraction of sp³-hybridized carbons (Fsp3) is 0.343. The SMILES string of the molecule is C=C(CN1CC[C@]2(CCN(c3ccc(N)c(C(N)=C(C=N)C=NC)c3)C2=O)C1)N1CC=C(c2ccc(C(N)=NC=NC)cc2)CC1. The molecule has 0 saturated carbocycles. The predicted molar refractivity (Wildman–Crippen MR) is 191 cm³/mol. The van der Waals surface area contributed by atoms with Crippen molar-refractivity contribution in [3.05, 3.63) is 83.1 Å². The predicted octanol–water partition coefficient (Wildman–Crippen LogP) is 3.38. The molecule has 2 aromatic rings. The number of amides is 1. The maximum absolute atomic E-state index is 13.9. The first-order chi connectivity index (χ1) is 22.2. The minimum absolute atomic E-state index is 0.143. The van der Waals surface area contributed by atoms with E-state index in [-0.39, 0.29) is 5.91 Å². The number of rotatable bonds is 10. The summed E-state index contributed by atoms with van der Waals surface area (Å²) in [5.74, 6) is 0.589. The maximum atomic E-state index is 13.9. The van der Waals surface area contributed by atoms with Gasteiger partial charge in [0.15, 0.2) is 0 Å². The van der Waals surface area contributed by atoms with Gasteiger partial charge in [0.2, 0.25) is 5.91 Å². The van der Waals surface area contributed by atoms with Crippen LogP contribution in [0.15, 0.2) is 81.4 Å². The van der Waals surface area contributed by atoms with E-state index in [0.29, 0.717) is 41.4 Å². The molecule has 240 valence electrons. The molecule has 2 fully saturated rings. The lowest BCUT2D eigenvalue weighted by Gasteiger charge is -2.32. The van der Waals surface area contributed by atoms with Crippen LogP contribution in [0.4, 0.5) is 11.4 Å². The van der Waals surface area contributed by atoms with Crippen LogP contribution in [-0.2, 0) is 4.79 Å². The summed E-state index contributed by atoms with van der Waals surface area (Å²) >= 11 is 0. The van der Waals surface area contributed by atoms with E-state index < -0.39 is 5.41 Å². The molecule has 3 aliphatic heterocycles. The van der Waals surface area contributed by atoms with Crippen LogP contribution in [0.2, 0.25) is 0 Å². The number of nitrogens with one attached hydrogen (secondary N) is 1. The third kappa shape index (κ3) is 6.64. The van der Waals surface area contributed by atoms with E-state index in [4.69, 9.17) is 22.6 Å². The van der Waals surface area contributed by atoms with Crippen molar-refractivity contribution in [1.82, 2.24) is 9.80 Å². The lowest BCUT2D eigenvalue weighted by atomic mass is 9.85. The van der Waals surface area contributed by atoms with Gasteiger partial charge in [0.05, 0.1) is 11.1 Å². The number of nitrogens with zero attached hydrogens (tertiary/aromatic N) is 6. The molecule has 0 radical (unpaired) electrons. The molecule has 11 nitrogen and oxygen atoms in total. The Morgan fingerprint density at radius 3 is 2.50 bits per heavy atom. The van der Waals surface area contributed by atoms with Crippen molar-refractivity contribution < 1.29 is 4.79 Å². The first kappa shape index (κ1) is 32.4. The topological polar surface area (TPSA) is 166 Å². The molecular weight excluding hydrogens is 576 g/mol. The van der Waals surface area contributed by atoms with Gasteiger partial charge in [0.25, 0.3) is 0 Å². The number of anilines is 2. The van der Waals surface area contributed by atoms with E-state index in [2.05, 4.69) is 49.6 Å². The van der Waals surface area contributed by atoms with Crippen molar-refractivity contribution in [2.45, 2.75) is 19.3 Å². The van der Waals surface area contributed by atoms with Gasteiger partial charge in [-0.2, -0.15) is 0 Å². The summed E-state index contributed by atoms with van der Waals surface area (Å²) < 4.78 is 0. The Labute approximate surface area is 271 Å². The number of amidine groups is 1. The van der Waals surface area contributed by atoms with Crippen LogP contribution in [0, 0.1) is 10.8 Å². The van der Waals surface area contributed by atoms with E-state index in [0.717, 1.165) is 68.6 Å². The molecule has 5 rings (SSSR count). The Bertz CT molecular complexity index is 1650. The van der Waals surface area contributed by atoms with Gasteiger partial charge in [0.1, 0.15) is 12.2 Å². The van der Waals surface area contributed by atoms with Crippen LogP contribution in [0.5, 0.6) is 0 Å². The average molecular weight is 621 g/mol. The van der Waals surface area contributed by atoms with E-state index in [1.54, 1.807) is 20.2 Å². The molecule has 0 aromatic heterocycles. The summed E-state index contributed by atoms with van der Waals surface area (Å²) in [7, 11) is 3.29. The lowest BCUT2D eigenvalue weighted by molar-refractivity contribution is -0.125. The molecule has 0 unspecified atom stereocenters. The van der Waals surface area contributed by atoms with E-state index in [9.17, 15) is 4.79 Å². The van der Waals surface area contributed by atoms with Crippen LogP contribution >= 0.6 is 0 Å². The summed E-state index contributed by atoms with van der Waals surface area (Å²) in [5, 5.41) is 7.70. The van der Waals surface area contributed by atoms with Gasteiger partial charge in [-0.1, -0.05) is 36.9 Å². The average Bonchev–Trinajstić information content (AvgIpc) is 3.64. The Morgan fingerprint density at radius 2 is 1.83 bits per heavy atom. The Hall–Kier alpha value is -5.03. The first-order valence-corrected chi connectivity index (χ1v) is 15.5. The van der Waals surface area contributed by atoms with Crippen LogP contribution in [0.1, 0.15) is 36.0 Å². The van der Waals surface area contributed by atoms with Gasteiger partial charge in [-0.25, -0.2) is 4.99 Å². The van der Waals surface area contributed by atoms with Crippen LogP contribution in [-0.4, -0.2) is 93.7 Å². The zero-order valence-corrected chi connectivity index (χ0v) is 26.7. The smallest absolute Gasteiger partial charge is 0.234 e. The standard InChI is InChI=1S/C35H44N10O/c1-24(44-14-10-26(11-15-44)25-4-6-27(7-5-25)33(39)42-23-41-3)21-43-16-12-35(22-43)13-17-45(34(35)46)29-8-9-31(37)30(18-29)32(38)28(19-36)20-40-2/h4-10,18-20,23,36H,1,11-17,21-22,37-38H2,2-3H3,(H2,39,41,42)/t35-/m0/s1. The highest BCUT2D eigenvalue weighted by molar-refractivity contribution is 6.11. The highest BCUT2D eigenvalue weighted by Gasteiger charge is 2.51. The number of aliphatic imine (C=N–C) groups is 3. The molecule has 3 heterocycles. The zero-order chi connectivity index (χ0) is 32.8. The summed E-state index contributed by atoms with van der Waals surface area (Å²) in [6, 6.07) is 13.7. The summed E-state index contributed by atoms with van der Waals surface area (Å²) in [6.07, 6.45) is 8.96. The number of carbonyl (C=O) groups is 1. The molecule has 1 spiro atoms.